The predicted octanol–water partition coefficient (Wildman–Crippen LogP) is 3.91. The van der Waals surface area contributed by atoms with Crippen molar-refractivity contribution in [3.63, 3.8) is 0 Å². The first-order chi connectivity index (χ1) is 10.2. The number of rotatable bonds is 7. The third-order valence-electron chi connectivity index (χ3n) is 3.93. The quantitative estimate of drug-likeness (QED) is 0.834. The van der Waals surface area contributed by atoms with Crippen molar-refractivity contribution in [3.05, 3.63) is 71.3 Å². The van der Waals surface area contributed by atoms with Crippen molar-refractivity contribution in [1.29, 1.82) is 0 Å². The molecule has 1 atom stereocenters. The molecule has 112 valence electrons. The summed E-state index contributed by atoms with van der Waals surface area (Å²) in [6.07, 6.45) is 1.09. The summed E-state index contributed by atoms with van der Waals surface area (Å²) in [5.74, 6) is 0. The highest BCUT2D eigenvalue weighted by Gasteiger charge is 2.18. The molecular weight excluding hydrogens is 256 g/mol. The van der Waals surface area contributed by atoms with Gasteiger partial charge in [0.2, 0.25) is 0 Å². The number of hydrogen-bond donors (Lipinski definition) is 1. The molecule has 0 amide bonds. The van der Waals surface area contributed by atoms with Gasteiger partial charge in [0.15, 0.2) is 0 Å². The highest BCUT2D eigenvalue weighted by atomic mass is 15.2. The first-order valence-corrected chi connectivity index (χ1v) is 7.79. The van der Waals surface area contributed by atoms with Crippen molar-refractivity contribution in [2.45, 2.75) is 32.9 Å². The second-order valence-electron chi connectivity index (χ2n) is 5.58. The zero-order valence-electron chi connectivity index (χ0n) is 13.1. The zero-order chi connectivity index (χ0) is 15.1. The third kappa shape index (κ3) is 4.42. The van der Waals surface area contributed by atoms with Crippen LogP contribution in [-0.4, -0.2) is 18.0 Å². The third-order valence-corrected chi connectivity index (χ3v) is 3.93. The minimum absolute atomic E-state index is 0.425. The number of aryl methyl sites for hydroxylation is 1. The van der Waals surface area contributed by atoms with Gasteiger partial charge in [0.05, 0.1) is 0 Å². The lowest BCUT2D eigenvalue weighted by molar-refractivity contribution is 0.188. The molecule has 0 aliphatic rings. The lowest BCUT2D eigenvalue weighted by Crippen LogP contribution is -2.32. The first kappa shape index (κ1) is 15.7. The van der Waals surface area contributed by atoms with Crippen LogP contribution in [0.5, 0.6) is 0 Å². The molecule has 0 aliphatic heterocycles. The average Bonchev–Trinajstić information content (AvgIpc) is 2.51. The number of benzene rings is 2. The Hall–Kier alpha value is -1.64. The van der Waals surface area contributed by atoms with Crippen molar-refractivity contribution in [1.82, 2.24) is 4.90 Å². The van der Waals surface area contributed by atoms with Crippen LogP contribution in [0.15, 0.2) is 54.6 Å². The van der Waals surface area contributed by atoms with E-state index in [4.69, 9.17) is 5.73 Å². The fraction of sp³-hybridized carbons (Fsp3) is 0.368. The van der Waals surface area contributed by atoms with E-state index in [1.54, 1.807) is 0 Å². The van der Waals surface area contributed by atoms with Crippen LogP contribution in [0.2, 0.25) is 0 Å². The molecule has 0 radical (unpaired) electrons. The minimum atomic E-state index is 0.425. The van der Waals surface area contributed by atoms with E-state index in [9.17, 15) is 0 Å². The summed E-state index contributed by atoms with van der Waals surface area (Å²) in [7, 11) is 0. The molecule has 2 nitrogen and oxygen atoms in total. The van der Waals surface area contributed by atoms with E-state index >= 15 is 0 Å². The fourth-order valence-electron chi connectivity index (χ4n) is 2.82. The maximum Gasteiger partial charge on any atom is 0.0349 e. The molecule has 1 unspecified atom stereocenters. The first-order valence-electron chi connectivity index (χ1n) is 7.79. The van der Waals surface area contributed by atoms with Gasteiger partial charge in [0, 0.05) is 25.7 Å². The van der Waals surface area contributed by atoms with Gasteiger partial charge in [0.1, 0.15) is 0 Å². The Balaban J connectivity index is 2.19. The van der Waals surface area contributed by atoms with Crippen LogP contribution in [0.25, 0.3) is 0 Å². The standard InChI is InChI=1S/C19H26N2/c1-3-19(18-11-9-16(2)10-12-18)21(14-13-20)15-17-7-5-4-6-8-17/h4-12,19H,3,13-15,20H2,1-2H3. The summed E-state index contributed by atoms with van der Waals surface area (Å²) < 4.78 is 0. The van der Waals surface area contributed by atoms with Crippen molar-refractivity contribution < 1.29 is 0 Å². The molecule has 2 aromatic rings. The molecule has 2 heteroatoms. The van der Waals surface area contributed by atoms with Crippen LogP contribution in [0.3, 0.4) is 0 Å². The van der Waals surface area contributed by atoms with Crippen molar-refractivity contribution in [3.8, 4) is 0 Å². The highest BCUT2D eigenvalue weighted by Crippen LogP contribution is 2.26. The molecule has 2 rings (SSSR count). The van der Waals surface area contributed by atoms with Crippen LogP contribution in [0.4, 0.5) is 0 Å². The van der Waals surface area contributed by atoms with Gasteiger partial charge in [-0.2, -0.15) is 0 Å². The van der Waals surface area contributed by atoms with Gasteiger partial charge in [-0.25, -0.2) is 0 Å². The van der Waals surface area contributed by atoms with Crippen LogP contribution >= 0.6 is 0 Å². The maximum atomic E-state index is 5.84. The number of nitrogens with zero attached hydrogens (tertiary/aromatic N) is 1. The van der Waals surface area contributed by atoms with E-state index in [-0.39, 0.29) is 0 Å². The lowest BCUT2D eigenvalue weighted by Gasteiger charge is -2.31. The molecule has 0 fully saturated rings. The lowest BCUT2D eigenvalue weighted by atomic mass is 10.0. The second kappa shape index (κ2) is 7.96. The van der Waals surface area contributed by atoms with Crippen LogP contribution in [0.1, 0.15) is 36.1 Å². The van der Waals surface area contributed by atoms with E-state index < -0.39 is 0 Å². The second-order valence-corrected chi connectivity index (χ2v) is 5.58. The summed E-state index contributed by atoms with van der Waals surface area (Å²) in [4.78, 5) is 2.49. The summed E-state index contributed by atoms with van der Waals surface area (Å²) >= 11 is 0. The molecule has 0 saturated carbocycles. The molecule has 0 aliphatic carbocycles. The summed E-state index contributed by atoms with van der Waals surface area (Å²) in [5.41, 5.74) is 9.87. The average molecular weight is 282 g/mol. The van der Waals surface area contributed by atoms with E-state index in [1.807, 2.05) is 0 Å². The molecule has 0 bridgehead atoms. The van der Waals surface area contributed by atoms with Crippen LogP contribution in [-0.2, 0) is 6.54 Å². The van der Waals surface area contributed by atoms with E-state index in [0.717, 1.165) is 19.5 Å². The Morgan fingerprint density at radius 3 is 2.24 bits per heavy atom. The van der Waals surface area contributed by atoms with Gasteiger partial charge >= 0.3 is 0 Å². The topological polar surface area (TPSA) is 29.3 Å². The molecule has 2 N–H and O–H groups in total. The Labute approximate surface area is 128 Å². The molecular formula is C19H26N2. The van der Waals surface area contributed by atoms with Gasteiger partial charge in [-0.3, -0.25) is 4.90 Å². The summed E-state index contributed by atoms with van der Waals surface area (Å²) in [6.45, 7) is 6.94. The van der Waals surface area contributed by atoms with Gasteiger partial charge in [-0.15, -0.1) is 0 Å². The van der Waals surface area contributed by atoms with Gasteiger partial charge in [-0.1, -0.05) is 67.1 Å². The van der Waals surface area contributed by atoms with E-state index in [1.165, 1.54) is 16.7 Å². The van der Waals surface area contributed by atoms with E-state index in [2.05, 4.69) is 73.3 Å². The van der Waals surface area contributed by atoms with Gasteiger partial charge in [-0.05, 0) is 24.5 Å². The monoisotopic (exact) mass is 282 g/mol. The van der Waals surface area contributed by atoms with Crippen LogP contribution < -0.4 is 5.73 Å². The molecule has 0 spiro atoms. The van der Waals surface area contributed by atoms with Gasteiger partial charge in [0.25, 0.3) is 0 Å². The smallest absolute Gasteiger partial charge is 0.0349 e. The molecule has 0 saturated heterocycles. The number of hydrogen-bond acceptors (Lipinski definition) is 2. The summed E-state index contributed by atoms with van der Waals surface area (Å²) in [5, 5.41) is 0. The zero-order valence-corrected chi connectivity index (χ0v) is 13.1. The fourth-order valence-corrected chi connectivity index (χ4v) is 2.82. The molecule has 0 aromatic heterocycles. The largest absolute Gasteiger partial charge is 0.329 e. The Kier molecular flexibility index (Phi) is 5.97. The Bertz CT molecular complexity index is 519. The van der Waals surface area contributed by atoms with Gasteiger partial charge < -0.3 is 5.73 Å². The van der Waals surface area contributed by atoms with Crippen LogP contribution in [0, 0.1) is 6.92 Å². The van der Waals surface area contributed by atoms with Crippen molar-refractivity contribution >= 4 is 0 Å². The normalized spacial score (nSPS) is 12.6. The molecule has 0 heterocycles. The minimum Gasteiger partial charge on any atom is -0.329 e. The number of nitrogens with two attached hydrogens (primary N) is 1. The predicted molar refractivity (Wildman–Crippen MR) is 90.1 cm³/mol. The molecule has 21 heavy (non-hydrogen) atoms. The van der Waals surface area contributed by atoms with E-state index in [0.29, 0.717) is 12.6 Å². The van der Waals surface area contributed by atoms with Crippen molar-refractivity contribution in [2.24, 2.45) is 5.73 Å². The van der Waals surface area contributed by atoms with Crippen molar-refractivity contribution in [2.75, 3.05) is 13.1 Å². The Morgan fingerprint density at radius 2 is 1.67 bits per heavy atom. The Morgan fingerprint density at radius 1 is 1.00 bits per heavy atom. The molecule has 2 aromatic carbocycles. The summed E-state index contributed by atoms with van der Waals surface area (Å²) in [6, 6.07) is 19.9. The highest BCUT2D eigenvalue weighted by molar-refractivity contribution is 5.24. The maximum absolute atomic E-state index is 5.84. The SMILES string of the molecule is CCC(c1ccc(C)cc1)N(CCN)Cc1ccccc1.